The van der Waals surface area contributed by atoms with Crippen molar-refractivity contribution in [1.29, 1.82) is 0 Å². The largest absolute Gasteiger partial charge is 0.368 e. The normalized spacial score (nSPS) is 24.3. The predicted molar refractivity (Wildman–Crippen MR) is 131 cm³/mol. The maximum Gasteiger partial charge on any atom is 0.186 e. The summed E-state index contributed by atoms with van der Waals surface area (Å²) < 4.78 is 31.0. The zero-order valence-electron chi connectivity index (χ0n) is 19.9. The minimum Gasteiger partial charge on any atom is -0.368 e. The first-order chi connectivity index (χ1) is 17.3. The molecule has 2 N–H and O–H groups in total. The molecular formula is C28H33NO6. The van der Waals surface area contributed by atoms with E-state index in [-0.39, 0.29) is 6.54 Å². The van der Waals surface area contributed by atoms with Gasteiger partial charge in [-0.2, -0.15) is 0 Å². The molecule has 7 heteroatoms. The molecular weight excluding hydrogens is 446 g/mol. The predicted octanol–water partition coefficient (Wildman–Crippen LogP) is 4.09. The molecule has 0 amide bonds. The molecule has 0 aromatic heterocycles. The first-order valence-corrected chi connectivity index (χ1v) is 11.8. The average molecular weight is 480 g/mol. The van der Waals surface area contributed by atoms with Crippen molar-refractivity contribution in [3.8, 4) is 0 Å². The molecule has 0 saturated carbocycles. The van der Waals surface area contributed by atoms with E-state index in [1.165, 1.54) is 0 Å². The highest BCUT2D eigenvalue weighted by Gasteiger charge is 2.48. The highest BCUT2D eigenvalue weighted by molar-refractivity contribution is 5.15. The summed E-state index contributed by atoms with van der Waals surface area (Å²) in [5, 5.41) is 9.49. The molecule has 1 aliphatic rings. The van der Waals surface area contributed by atoms with Crippen LogP contribution in [0.4, 0.5) is 0 Å². The van der Waals surface area contributed by atoms with Gasteiger partial charge in [0.2, 0.25) is 0 Å². The zero-order valence-corrected chi connectivity index (χ0v) is 19.9. The molecule has 3 aromatic rings. The van der Waals surface area contributed by atoms with E-state index >= 15 is 0 Å². The van der Waals surface area contributed by atoms with Crippen molar-refractivity contribution < 1.29 is 28.9 Å². The number of benzene rings is 3. The summed E-state index contributed by atoms with van der Waals surface area (Å²) in [6.45, 7) is 1.26. The number of hydrogen-bond acceptors (Lipinski definition) is 7. The van der Waals surface area contributed by atoms with Crippen molar-refractivity contribution in [1.82, 2.24) is 5.48 Å². The number of methoxy groups -OCH3 is 1. The quantitative estimate of drug-likeness (QED) is 0.379. The van der Waals surface area contributed by atoms with Crippen LogP contribution < -0.4 is 5.48 Å². The third kappa shape index (κ3) is 7.19. The summed E-state index contributed by atoms with van der Waals surface area (Å²) in [4.78, 5) is 0. The van der Waals surface area contributed by atoms with Gasteiger partial charge < -0.3 is 28.9 Å². The van der Waals surface area contributed by atoms with E-state index in [9.17, 15) is 5.21 Å². The molecule has 0 unspecified atom stereocenters. The summed E-state index contributed by atoms with van der Waals surface area (Å²) in [5.41, 5.74) is 5.32. The lowest BCUT2D eigenvalue weighted by Crippen LogP contribution is -2.62. The number of hydrogen-bond donors (Lipinski definition) is 2. The van der Waals surface area contributed by atoms with Crippen molar-refractivity contribution in [2.24, 2.45) is 0 Å². The van der Waals surface area contributed by atoms with E-state index in [0.717, 1.165) is 16.7 Å². The lowest BCUT2D eigenvalue weighted by molar-refractivity contribution is -0.318. The van der Waals surface area contributed by atoms with Crippen LogP contribution in [-0.2, 0) is 43.5 Å². The Morgan fingerprint density at radius 2 is 1.09 bits per heavy atom. The zero-order chi connectivity index (χ0) is 24.3. The summed E-state index contributed by atoms with van der Waals surface area (Å²) in [6, 6.07) is 29.8. The van der Waals surface area contributed by atoms with Crippen molar-refractivity contribution in [3.63, 3.8) is 0 Å². The van der Waals surface area contributed by atoms with E-state index in [1.807, 2.05) is 91.0 Å². The Hall–Kier alpha value is -2.62. The van der Waals surface area contributed by atoms with Crippen LogP contribution in [0, 0.1) is 0 Å². The lowest BCUT2D eigenvalue weighted by atomic mass is 9.97. The maximum atomic E-state index is 9.49. The van der Waals surface area contributed by atoms with Gasteiger partial charge in [0.15, 0.2) is 6.29 Å². The Morgan fingerprint density at radius 1 is 0.657 bits per heavy atom. The van der Waals surface area contributed by atoms with Crippen LogP contribution in [0.15, 0.2) is 91.0 Å². The van der Waals surface area contributed by atoms with E-state index in [4.69, 9.17) is 23.7 Å². The van der Waals surface area contributed by atoms with Crippen LogP contribution in [0.2, 0.25) is 0 Å². The van der Waals surface area contributed by atoms with Crippen LogP contribution in [0.3, 0.4) is 0 Å². The van der Waals surface area contributed by atoms with Gasteiger partial charge >= 0.3 is 0 Å². The smallest absolute Gasteiger partial charge is 0.186 e. The van der Waals surface area contributed by atoms with E-state index < -0.39 is 30.7 Å². The van der Waals surface area contributed by atoms with Gasteiger partial charge in [0, 0.05) is 13.7 Å². The Balaban J connectivity index is 1.58. The second kappa shape index (κ2) is 13.5. The van der Waals surface area contributed by atoms with E-state index in [0.29, 0.717) is 19.8 Å². The first-order valence-electron chi connectivity index (χ1n) is 11.8. The highest BCUT2D eigenvalue weighted by atomic mass is 16.7. The van der Waals surface area contributed by atoms with Gasteiger partial charge in [-0.05, 0) is 16.7 Å². The minimum atomic E-state index is -0.700. The van der Waals surface area contributed by atoms with Gasteiger partial charge in [-0.15, -0.1) is 0 Å². The third-order valence-electron chi connectivity index (χ3n) is 5.97. The number of hydroxylamine groups is 1. The van der Waals surface area contributed by atoms with Crippen molar-refractivity contribution in [2.75, 3.05) is 13.7 Å². The fraction of sp³-hybridized carbons (Fsp3) is 0.357. The van der Waals surface area contributed by atoms with Crippen molar-refractivity contribution in [3.05, 3.63) is 108 Å². The number of ether oxygens (including phenoxy) is 5. The van der Waals surface area contributed by atoms with Crippen LogP contribution in [0.5, 0.6) is 0 Å². The fourth-order valence-corrected chi connectivity index (χ4v) is 4.19. The summed E-state index contributed by atoms with van der Waals surface area (Å²) in [5.74, 6) is 0. The van der Waals surface area contributed by atoms with Gasteiger partial charge in [-0.1, -0.05) is 91.0 Å². The standard InChI is InChI=1S/C28H33NO6/c1-31-28-27(34-20-23-15-9-4-10-16-23)26(33-19-22-13-7-3-8-14-22)25(24(35-28)17-29-30)32-18-21-11-5-2-6-12-21/h2-16,24-30H,17-20H2,1H3/t24-,25-,26+,27-,28+/m1/s1. The van der Waals surface area contributed by atoms with Crippen LogP contribution in [-0.4, -0.2) is 49.6 Å². The molecule has 7 nitrogen and oxygen atoms in total. The third-order valence-corrected chi connectivity index (χ3v) is 5.97. The molecule has 186 valence electrons. The second-order valence-electron chi connectivity index (χ2n) is 8.42. The molecule has 35 heavy (non-hydrogen) atoms. The molecule has 0 spiro atoms. The van der Waals surface area contributed by atoms with Gasteiger partial charge in [0.25, 0.3) is 0 Å². The molecule has 4 rings (SSSR count). The Kier molecular flexibility index (Phi) is 9.80. The topological polar surface area (TPSA) is 78.4 Å². The van der Waals surface area contributed by atoms with Crippen LogP contribution in [0.25, 0.3) is 0 Å². The molecule has 1 fully saturated rings. The summed E-state index contributed by atoms with van der Waals surface area (Å²) in [7, 11) is 1.58. The molecule has 0 radical (unpaired) electrons. The Morgan fingerprint density at radius 3 is 1.51 bits per heavy atom. The van der Waals surface area contributed by atoms with Gasteiger partial charge in [-0.25, -0.2) is 5.48 Å². The Labute approximate surface area is 206 Å². The van der Waals surface area contributed by atoms with Crippen LogP contribution in [0.1, 0.15) is 16.7 Å². The fourth-order valence-electron chi connectivity index (χ4n) is 4.19. The molecule has 5 atom stereocenters. The second-order valence-corrected chi connectivity index (χ2v) is 8.42. The molecule has 1 saturated heterocycles. The van der Waals surface area contributed by atoms with Crippen LogP contribution >= 0.6 is 0 Å². The summed E-state index contributed by atoms with van der Waals surface area (Å²) >= 11 is 0. The van der Waals surface area contributed by atoms with Gasteiger partial charge in [-0.3, -0.25) is 0 Å². The maximum absolute atomic E-state index is 9.49. The Bertz CT molecular complexity index is 975. The van der Waals surface area contributed by atoms with Crippen molar-refractivity contribution in [2.45, 2.75) is 50.5 Å². The highest BCUT2D eigenvalue weighted by Crippen LogP contribution is 2.30. The van der Waals surface area contributed by atoms with E-state index in [1.54, 1.807) is 7.11 Å². The monoisotopic (exact) mass is 479 g/mol. The van der Waals surface area contributed by atoms with Gasteiger partial charge in [0.05, 0.1) is 19.8 Å². The minimum absolute atomic E-state index is 0.149. The molecule has 0 aliphatic carbocycles. The number of nitrogens with one attached hydrogen (secondary N) is 1. The number of rotatable bonds is 12. The first kappa shape index (κ1) is 25.5. The molecule has 1 heterocycles. The van der Waals surface area contributed by atoms with Crippen molar-refractivity contribution >= 4 is 0 Å². The SMILES string of the molecule is CO[C@H]1O[C@H](CNO)[C@@H](OCc2ccccc2)[C@H](OCc2ccccc2)[C@H]1OCc1ccccc1. The summed E-state index contributed by atoms with van der Waals surface area (Å²) in [6.07, 6.45) is -2.81. The van der Waals surface area contributed by atoms with Gasteiger partial charge in [0.1, 0.15) is 24.4 Å². The average Bonchev–Trinajstić information content (AvgIpc) is 2.92. The molecule has 0 bridgehead atoms. The lowest BCUT2D eigenvalue weighted by Gasteiger charge is -2.45. The van der Waals surface area contributed by atoms with E-state index in [2.05, 4.69) is 5.48 Å². The molecule has 3 aromatic carbocycles. The molecule has 1 aliphatic heterocycles.